The second-order valence-electron chi connectivity index (χ2n) is 3.89. The van der Waals surface area contributed by atoms with Crippen LogP contribution in [0.25, 0.3) is 0 Å². The molecule has 0 aromatic heterocycles. The maximum Gasteiger partial charge on any atom is 0.275 e. The van der Waals surface area contributed by atoms with Gasteiger partial charge in [0.25, 0.3) is 5.69 Å². The van der Waals surface area contributed by atoms with E-state index in [-0.39, 0.29) is 5.69 Å². The highest BCUT2D eigenvalue weighted by Crippen LogP contribution is 2.30. The first-order valence-electron chi connectivity index (χ1n) is 5.70. The van der Waals surface area contributed by atoms with Gasteiger partial charge in [-0.05, 0) is 24.3 Å². The maximum absolute atomic E-state index is 10.8. The summed E-state index contributed by atoms with van der Waals surface area (Å²) in [5.41, 5.74) is 2.65. The van der Waals surface area contributed by atoms with E-state index in [4.69, 9.17) is 15.3 Å². The fourth-order valence-corrected chi connectivity index (χ4v) is 1.61. The molecule has 0 aliphatic heterocycles. The van der Waals surface area contributed by atoms with Gasteiger partial charge in [0.2, 0.25) is 0 Å². The lowest BCUT2D eigenvalue weighted by Gasteiger charge is -2.08. The molecule has 0 atom stereocenters. The number of anilines is 1. The molecule has 2 aromatic rings. The topological polar surface area (TPSA) is 99.7 Å². The Morgan fingerprint density at radius 1 is 1.10 bits per heavy atom. The van der Waals surface area contributed by atoms with E-state index in [1.165, 1.54) is 12.1 Å². The van der Waals surface area contributed by atoms with E-state index in [2.05, 4.69) is 5.43 Å². The number of nitrogens with two attached hydrogens (primary N) is 1. The van der Waals surface area contributed by atoms with Crippen LogP contribution in [0.4, 0.5) is 11.4 Å². The summed E-state index contributed by atoms with van der Waals surface area (Å²) in [5, 5.41) is 10.8. The number of nitrogen functional groups attached to an aromatic ring is 1. The third-order valence-corrected chi connectivity index (χ3v) is 2.56. The minimum atomic E-state index is -0.512. The highest BCUT2D eigenvalue weighted by molar-refractivity contribution is 5.56. The number of hydrogen-bond donors (Lipinski definition) is 2. The second kappa shape index (κ2) is 5.89. The fourth-order valence-electron chi connectivity index (χ4n) is 1.61. The molecule has 0 saturated heterocycles. The van der Waals surface area contributed by atoms with Crippen molar-refractivity contribution in [1.29, 1.82) is 0 Å². The van der Waals surface area contributed by atoms with Crippen molar-refractivity contribution in [2.24, 2.45) is 5.84 Å². The highest BCUT2D eigenvalue weighted by atomic mass is 16.6. The Bertz CT molecular complexity index is 614. The molecule has 7 heteroatoms. The molecule has 104 valence electrons. The van der Waals surface area contributed by atoms with Crippen LogP contribution in [0.2, 0.25) is 0 Å². The van der Waals surface area contributed by atoms with Crippen LogP contribution in [0, 0.1) is 10.1 Å². The second-order valence-corrected chi connectivity index (χ2v) is 3.89. The molecule has 2 rings (SSSR count). The molecule has 7 nitrogen and oxygen atoms in total. The van der Waals surface area contributed by atoms with Gasteiger partial charge in [-0.15, -0.1) is 0 Å². The molecule has 0 aliphatic carbocycles. The number of hydrazine groups is 1. The molecular weight excluding hydrogens is 262 g/mol. The minimum Gasteiger partial charge on any atom is -0.497 e. The fraction of sp³-hybridized carbons (Fsp3) is 0.0769. The number of rotatable bonds is 5. The van der Waals surface area contributed by atoms with E-state index >= 15 is 0 Å². The Hall–Kier alpha value is -2.80. The number of nitrogens with zero attached hydrogens (tertiary/aromatic N) is 1. The van der Waals surface area contributed by atoms with Crippen LogP contribution < -0.4 is 20.7 Å². The lowest BCUT2D eigenvalue weighted by atomic mass is 10.2. The van der Waals surface area contributed by atoms with E-state index in [0.29, 0.717) is 22.9 Å². The summed E-state index contributed by atoms with van der Waals surface area (Å²) < 4.78 is 10.6. The van der Waals surface area contributed by atoms with Crippen LogP contribution in [0.15, 0.2) is 42.5 Å². The van der Waals surface area contributed by atoms with Gasteiger partial charge in [0.1, 0.15) is 17.2 Å². The number of nitro benzene ring substituents is 1. The largest absolute Gasteiger partial charge is 0.497 e. The van der Waals surface area contributed by atoms with Gasteiger partial charge in [-0.1, -0.05) is 0 Å². The zero-order valence-electron chi connectivity index (χ0n) is 10.7. The van der Waals surface area contributed by atoms with E-state index in [9.17, 15) is 10.1 Å². The average molecular weight is 275 g/mol. The molecule has 0 unspecified atom stereocenters. The number of nitrogens with one attached hydrogen (secondary N) is 1. The molecule has 20 heavy (non-hydrogen) atoms. The van der Waals surface area contributed by atoms with Crippen LogP contribution in [0.3, 0.4) is 0 Å². The normalized spacial score (nSPS) is 9.90. The number of hydrogen-bond acceptors (Lipinski definition) is 6. The van der Waals surface area contributed by atoms with Crippen molar-refractivity contribution >= 4 is 11.4 Å². The van der Waals surface area contributed by atoms with Crippen molar-refractivity contribution in [2.45, 2.75) is 0 Å². The minimum absolute atomic E-state index is 0.107. The predicted molar refractivity (Wildman–Crippen MR) is 74.0 cm³/mol. The Labute approximate surface area is 115 Å². The predicted octanol–water partition coefficient (Wildman–Crippen LogP) is 2.68. The van der Waals surface area contributed by atoms with E-state index in [0.717, 1.165) is 0 Å². The summed E-state index contributed by atoms with van der Waals surface area (Å²) in [4.78, 5) is 10.3. The van der Waals surface area contributed by atoms with Gasteiger partial charge >= 0.3 is 0 Å². The van der Waals surface area contributed by atoms with Crippen LogP contribution >= 0.6 is 0 Å². The first-order valence-corrected chi connectivity index (χ1v) is 5.70. The Morgan fingerprint density at radius 3 is 2.30 bits per heavy atom. The third-order valence-electron chi connectivity index (χ3n) is 2.56. The van der Waals surface area contributed by atoms with Crippen LogP contribution in [0.5, 0.6) is 17.2 Å². The van der Waals surface area contributed by atoms with Crippen molar-refractivity contribution < 1.29 is 14.4 Å². The molecule has 0 amide bonds. The molecule has 0 fully saturated rings. The zero-order valence-corrected chi connectivity index (χ0v) is 10.7. The quantitative estimate of drug-likeness (QED) is 0.494. The van der Waals surface area contributed by atoms with Crippen molar-refractivity contribution in [3.8, 4) is 17.2 Å². The van der Waals surface area contributed by atoms with Crippen molar-refractivity contribution in [2.75, 3.05) is 12.5 Å². The molecule has 0 spiro atoms. The number of nitro groups is 1. The molecular formula is C13H13N3O4. The van der Waals surface area contributed by atoms with Gasteiger partial charge < -0.3 is 14.9 Å². The number of methoxy groups -OCH3 is 1. The van der Waals surface area contributed by atoms with Crippen molar-refractivity contribution in [1.82, 2.24) is 0 Å². The van der Waals surface area contributed by atoms with Crippen molar-refractivity contribution in [3.05, 3.63) is 52.6 Å². The van der Waals surface area contributed by atoms with Gasteiger partial charge in [0, 0.05) is 12.1 Å². The summed E-state index contributed by atoms with van der Waals surface area (Å²) in [6.45, 7) is 0. The van der Waals surface area contributed by atoms with Crippen molar-refractivity contribution in [3.63, 3.8) is 0 Å². The molecule has 0 saturated carbocycles. The van der Waals surface area contributed by atoms with Gasteiger partial charge in [-0.3, -0.25) is 16.0 Å². The van der Waals surface area contributed by atoms with Crippen LogP contribution in [0.1, 0.15) is 0 Å². The summed E-state index contributed by atoms with van der Waals surface area (Å²) in [6, 6.07) is 11.1. The lowest BCUT2D eigenvalue weighted by molar-refractivity contribution is -0.384. The van der Waals surface area contributed by atoms with Gasteiger partial charge in [0.05, 0.1) is 23.8 Å². The number of ether oxygens (including phenoxy) is 2. The van der Waals surface area contributed by atoms with E-state index < -0.39 is 4.92 Å². The lowest BCUT2D eigenvalue weighted by Crippen LogP contribution is -2.07. The first kappa shape index (κ1) is 13.6. The SMILES string of the molecule is COc1ccc(Oc2cc(NN)cc([N+](=O)[O-])c2)cc1. The van der Waals surface area contributed by atoms with Gasteiger partial charge in [-0.2, -0.15) is 0 Å². The van der Waals surface area contributed by atoms with Gasteiger partial charge in [0.15, 0.2) is 0 Å². The summed E-state index contributed by atoms with van der Waals surface area (Å²) >= 11 is 0. The monoisotopic (exact) mass is 275 g/mol. The molecule has 2 aromatic carbocycles. The third kappa shape index (κ3) is 3.15. The summed E-state index contributed by atoms with van der Waals surface area (Å²) in [5.74, 6) is 6.82. The van der Waals surface area contributed by atoms with Crippen LogP contribution in [-0.4, -0.2) is 12.0 Å². The number of non-ortho nitro benzene ring substituents is 1. The molecule has 0 radical (unpaired) electrons. The Morgan fingerprint density at radius 2 is 1.75 bits per heavy atom. The standard InChI is InChI=1S/C13H13N3O4/c1-19-11-2-4-12(5-3-11)20-13-7-9(15-14)6-10(8-13)16(17)18/h2-8,15H,14H2,1H3. The number of benzene rings is 2. The maximum atomic E-state index is 10.8. The molecule has 0 heterocycles. The van der Waals surface area contributed by atoms with Crippen LogP contribution in [-0.2, 0) is 0 Å². The smallest absolute Gasteiger partial charge is 0.275 e. The first-order chi connectivity index (χ1) is 9.62. The van der Waals surface area contributed by atoms with Gasteiger partial charge in [-0.25, -0.2) is 0 Å². The van der Waals surface area contributed by atoms with E-state index in [1.54, 1.807) is 37.4 Å². The molecule has 3 N–H and O–H groups in total. The Kier molecular flexibility index (Phi) is 4.02. The summed E-state index contributed by atoms with van der Waals surface area (Å²) in [6.07, 6.45) is 0. The zero-order chi connectivity index (χ0) is 14.5. The molecule has 0 bridgehead atoms. The highest BCUT2D eigenvalue weighted by Gasteiger charge is 2.11. The Balaban J connectivity index is 2.27. The molecule has 0 aliphatic rings. The average Bonchev–Trinajstić information content (AvgIpc) is 2.47. The summed E-state index contributed by atoms with van der Waals surface area (Å²) in [7, 11) is 1.57. The van der Waals surface area contributed by atoms with E-state index in [1.807, 2.05) is 0 Å².